The summed E-state index contributed by atoms with van der Waals surface area (Å²) in [5.41, 5.74) is 0.849. The average molecular weight is 360 g/mol. The second kappa shape index (κ2) is 7.51. The molecule has 7 heteroatoms. The number of aromatic nitrogens is 2. The van der Waals surface area contributed by atoms with Gasteiger partial charge < -0.3 is 9.84 Å². The van der Waals surface area contributed by atoms with Crippen LogP contribution in [0, 0.1) is 6.92 Å². The molecule has 122 valence electrons. The van der Waals surface area contributed by atoms with Gasteiger partial charge >= 0.3 is 0 Å². The third-order valence-corrected chi connectivity index (χ3v) is 4.86. The minimum atomic E-state index is -0.518. The molecule has 1 N–H and O–H groups in total. The number of rotatable bonds is 5. The van der Waals surface area contributed by atoms with Crippen molar-refractivity contribution in [3.8, 4) is 0 Å². The average Bonchev–Trinajstić information content (AvgIpc) is 2.99. The van der Waals surface area contributed by atoms with Gasteiger partial charge in [0, 0.05) is 12.3 Å². The lowest BCUT2D eigenvalue weighted by Gasteiger charge is -2.16. The maximum absolute atomic E-state index is 12.8. The highest BCUT2D eigenvalue weighted by atomic mass is 35.5. The molecule has 0 bridgehead atoms. The maximum atomic E-state index is 12.8. The highest BCUT2D eigenvalue weighted by Gasteiger charge is 2.24. The monoisotopic (exact) mass is 359 g/mol. The molecule has 0 aliphatic heterocycles. The van der Waals surface area contributed by atoms with E-state index in [1.54, 1.807) is 31.3 Å². The maximum Gasteiger partial charge on any atom is 0.243 e. The van der Waals surface area contributed by atoms with Crippen molar-refractivity contribution in [1.82, 2.24) is 10.1 Å². The Labute approximate surface area is 148 Å². The third kappa shape index (κ3) is 3.96. The number of aryl methyl sites for hydroxylation is 1. The summed E-state index contributed by atoms with van der Waals surface area (Å²) in [4.78, 5) is 17.0. The zero-order valence-corrected chi connectivity index (χ0v) is 14.3. The molecule has 3 rings (SSSR count). The fraction of sp³-hybridized carbons (Fsp3) is 0.118. The largest absolute Gasteiger partial charge is 0.360 e. The van der Waals surface area contributed by atoms with E-state index in [1.165, 1.54) is 11.8 Å². The zero-order chi connectivity index (χ0) is 16.9. The van der Waals surface area contributed by atoms with Crippen molar-refractivity contribution in [1.29, 1.82) is 0 Å². The Balaban J connectivity index is 1.87. The minimum Gasteiger partial charge on any atom is -0.360 e. The number of benzene rings is 1. The van der Waals surface area contributed by atoms with Crippen LogP contribution < -0.4 is 5.32 Å². The van der Waals surface area contributed by atoms with Gasteiger partial charge in [0.1, 0.15) is 16.0 Å². The summed E-state index contributed by atoms with van der Waals surface area (Å²) in [6.45, 7) is 1.76. The lowest BCUT2D eigenvalue weighted by atomic mass is 10.1. The van der Waals surface area contributed by atoms with E-state index >= 15 is 0 Å². The molecule has 2 aromatic heterocycles. The van der Waals surface area contributed by atoms with E-state index in [0.717, 1.165) is 5.56 Å². The molecule has 5 nitrogen and oxygen atoms in total. The number of hydrogen-bond acceptors (Lipinski definition) is 5. The predicted molar refractivity (Wildman–Crippen MR) is 94.2 cm³/mol. The number of pyridine rings is 1. The lowest BCUT2D eigenvalue weighted by Crippen LogP contribution is -2.19. The third-order valence-electron chi connectivity index (χ3n) is 3.17. The summed E-state index contributed by atoms with van der Waals surface area (Å²) in [6.07, 6.45) is 1.65. The van der Waals surface area contributed by atoms with E-state index in [4.69, 9.17) is 16.1 Å². The molecule has 1 amide bonds. The fourth-order valence-electron chi connectivity index (χ4n) is 2.09. The Morgan fingerprint density at radius 3 is 2.71 bits per heavy atom. The smallest absolute Gasteiger partial charge is 0.243 e. The Kier molecular flexibility index (Phi) is 5.17. The summed E-state index contributed by atoms with van der Waals surface area (Å²) < 4.78 is 4.98. The van der Waals surface area contributed by atoms with Crippen LogP contribution in [-0.2, 0) is 4.79 Å². The molecule has 3 aromatic rings. The second-order valence-corrected chi connectivity index (χ2v) is 6.51. The Morgan fingerprint density at radius 1 is 1.25 bits per heavy atom. The number of nitrogens with zero attached hydrogens (tertiary/aromatic N) is 2. The summed E-state index contributed by atoms with van der Waals surface area (Å²) in [6, 6.07) is 14.6. The van der Waals surface area contributed by atoms with Crippen LogP contribution in [0.15, 0.2) is 64.3 Å². The van der Waals surface area contributed by atoms with Gasteiger partial charge in [-0.25, -0.2) is 4.98 Å². The first kappa shape index (κ1) is 16.5. The van der Waals surface area contributed by atoms with E-state index < -0.39 is 5.25 Å². The van der Waals surface area contributed by atoms with Gasteiger partial charge in [0.15, 0.2) is 5.82 Å². The van der Waals surface area contributed by atoms with Crippen molar-refractivity contribution in [2.24, 2.45) is 0 Å². The molecule has 1 atom stereocenters. The summed E-state index contributed by atoms with van der Waals surface area (Å²) >= 11 is 7.47. The number of carbonyl (C=O) groups is 1. The molecular formula is C17H14ClN3O2S. The molecular weight excluding hydrogens is 346 g/mol. The fourth-order valence-corrected chi connectivity index (χ4v) is 3.33. The van der Waals surface area contributed by atoms with Crippen LogP contribution in [0.1, 0.15) is 16.6 Å². The van der Waals surface area contributed by atoms with Crippen molar-refractivity contribution in [2.45, 2.75) is 17.2 Å². The molecule has 0 fully saturated rings. The highest BCUT2D eigenvalue weighted by molar-refractivity contribution is 8.00. The number of amides is 1. The normalized spacial score (nSPS) is 11.9. The van der Waals surface area contributed by atoms with Gasteiger partial charge in [-0.15, -0.1) is 0 Å². The minimum absolute atomic E-state index is 0.221. The van der Waals surface area contributed by atoms with Gasteiger partial charge in [-0.1, -0.05) is 58.9 Å². The Bertz CT molecular complexity index is 839. The van der Waals surface area contributed by atoms with E-state index in [-0.39, 0.29) is 5.91 Å². The molecule has 0 saturated heterocycles. The number of hydrogen-bond donors (Lipinski definition) is 1. The molecule has 0 spiro atoms. The van der Waals surface area contributed by atoms with Crippen LogP contribution in [0.4, 0.5) is 5.82 Å². The molecule has 0 aliphatic rings. The van der Waals surface area contributed by atoms with Crippen LogP contribution >= 0.6 is 23.4 Å². The van der Waals surface area contributed by atoms with Crippen LogP contribution in [0.2, 0.25) is 5.02 Å². The number of nitrogens with one attached hydrogen (secondary N) is 1. The summed E-state index contributed by atoms with van der Waals surface area (Å²) in [5.74, 6) is 0.786. The molecule has 0 aliphatic carbocycles. The van der Waals surface area contributed by atoms with Crippen molar-refractivity contribution in [3.63, 3.8) is 0 Å². The standard InChI is InChI=1S/C17H14ClN3O2S/c1-11-10-14(21-23-11)20-16(22)15(12-6-3-2-4-7-12)24-17-13(18)8-5-9-19-17/h2-10,15H,1H3,(H,20,21,22)/t15-/m1/s1. The van der Waals surface area contributed by atoms with E-state index in [9.17, 15) is 4.79 Å². The van der Waals surface area contributed by atoms with Crippen molar-refractivity contribution in [3.05, 3.63) is 71.1 Å². The predicted octanol–water partition coefficient (Wildman–Crippen LogP) is 4.50. The molecule has 0 unspecified atom stereocenters. The molecule has 2 heterocycles. The first-order valence-corrected chi connectivity index (χ1v) is 8.45. The number of halogens is 1. The van der Waals surface area contributed by atoms with Gasteiger partial charge in [0.05, 0.1) is 5.02 Å². The second-order valence-electron chi connectivity index (χ2n) is 5.01. The SMILES string of the molecule is Cc1cc(NC(=O)[C@H](Sc2ncccc2Cl)c2ccccc2)no1. The summed E-state index contributed by atoms with van der Waals surface area (Å²) in [7, 11) is 0. The number of anilines is 1. The topological polar surface area (TPSA) is 68.0 Å². The lowest BCUT2D eigenvalue weighted by molar-refractivity contribution is -0.115. The summed E-state index contributed by atoms with van der Waals surface area (Å²) in [5, 5.41) is 7.15. The van der Waals surface area contributed by atoms with Crippen molar-refractivity contribution >= 4 is 35.1 Å². The molecule has 1 aromatic carbocycles. The van der Waals surface area contributed by atoms with Gasteiger partial charge in [-0.05, 0) is 24.6 Å². The van der Waals surface area contributed by atoms with Crippen LogP contribution in [0.5, 0.6) is 0 Å². The van der Waals surface area contributed by atoms with Crippen LogP contribution in [0.25, 0.3) is 0 Å². The van der Waals surface area contributed by atoms with Gasteiger partial charge in [0.25, 0.3) is 0 Å². The number of carbonyl (C=O) groups excluding carboxylic acids is 1. The Morgan fingerprint density at radius 2 is 2.04 bits per heavy atom. The first-order valence-electron chi connectivity index (χ1n) is 7.20. The van der Waals surface area contributed by atoms with E-state index in [2.05, 4.69) is 15.5 Å². The molecule has 0 saturated carbocycles. The van der Waals surface area contributed by atoms with Crippen molar-refractivity contribution < 1.29 is 9.32 Å². The van der Waals surface area contributed by atoms with E-state index in [0.29, 0.717) is 21.6 Å². The quantitative estimate of drug-likeness (QED) is 0.679. The van der Waals surface area contributed by atoms with Gasteiger partial charge in [-0.3, -0.25) is 4.79 Å². The Hall–Kier alpha value is -2.31. The zero-order valence-electron chi connectivity index (χ0n) is 12.8. The van der Waals surface area contributed by atoms with Crippen LogP contribution in [0.3, 0.4) is 0 Å². The molecule has 24 heavy (non-hydrogen) atoms. The van der Waals surface area contributed by atoms with Gasteiger partial charge in [0.2, 0.25) is 5.91 Å². The molecule has 0 radical (unpaired) electrons. The van der Waals surface area contributed by atoms with Gasteiger partial charge in [-0.2, -0.15) is 0 Å². The van der Waals surface area contributed by atoms with Crippen molar-refractivity contribution in [2.75, 3.05) is 5.32 Å². The van der Waals surface area contributed by atoms with E-state index in [1.807, 2.05) is 30.3 Å². The highest BCUT2D eigenvalue weighted by Crippen LogP contribution is 2.38. The number of thioether (sulfide) groups is 1. The van der Waals surface area contributed by atoms with Crippen LogP contribution in [-0.4, -0.2) is 16.0 Å². The first-order chi connectivity index (χ1) is 11.6.